The lowest BCUT2D eigenvalue weighted by atomic mass is 9.77. The predicted molar refractivity (Wildman–Crippen MR) is 219 cm³/mol. The summed E-state index contributed by atoms with van der Waals surface area (Å²) in [6.45, 7) is 23.8. The molecule has 2 saturated heterocycles. The summed E-state index contributed by atoms with van der Waals surface area (Å²) in [5, 5.41) is 0.607. The number of pyridine rings is 1. The number of imidazole rings is 1. The van der Waals surface area contributed by atoms with Crippen molar-refractivity contribution in [3.63, 3.8) is 0 Å². The first kappa shape index (κ1) is 41.3. The van der Waals surface area contributed by atoms with Gasteiger partial charge < -0.3 is 28.1 Å². The zero-order valence-corrected chi connectivity index (χ0v) is 36.8. The van der Waals surface area contributed by atoms with E-state index in [2.05, 4.69) is 77.8 Å². The van der Waals surface area contributed by atoms with Gasteiger partial charge in [0.2, 0.25) is 0 Å². The Bertz CT molecular complexity index is 1750. The fraction of sp³-hybridized carbons (Fsp3) is 0.683. The van der Waals surface area contributed by atoms with Crippen LogP contribution in [0, 0.1) is 5.92 Å². The van der Waals surface area contributed by atoms with Crippen LogP contribution in [0.25, 0.3) is 22.4 Å². The van der Waals surface area contributed by atoms with Crippen molar-refractivity contribution >= 4 is 45.1 Å². The highest BCUT2D eigenvalue weighted by molar-refractivity contribution is 6.76. The van der Waals surface area contributed by atoms with Crippen LogP contribution in [0.2, 0.25) is 48.8 Å². The van der Waals surface area contributed by atoms with Crippen LogP contribution in [0.3, 0.4) is 0 Å². The van der Waals surface area contributed by atoms with E-state index in [9.17, 15) is 4.79 Å². The van der Waals surface area contributed by atoms with Gasteiger partial charge in [-0.1, -0.05) is 76.3 Å². The van der Waals surface area contributed by atoms with Gasteiger partial charge in [-0.05, 0) is 87.2 Å². The number of carbonyl (C=O) groups excluding carboxylic acids is 1. The van der Waals surface area contributed by atoms with E-state index in [0.29, 0.717) is 66.0 Å². The van der Waals surface area contributed by atoms with Crippen molar-refractivity contribution < 1.29 is 32.9 Å². The largest absolute Gasteiger partial charge is 0.463 e. The minimum Gasteiger partial charge on any atom is -0.463 e. The monoisotopic (exact) mass is 799 g/mol. The Morgan fingerprint density at radius 1 is 0.963 bits per heavy atom. The van der Waals surface area contributed by atoms with Gasteiger partial charge in [-0.3, -0.25) is 9.36 Å². The molecule has 2 aromatic heterocycles. The van der Waals surface area contributed by atoms with Crippen molar-refractivity contribution in [2.24, 2.45) is 5.92 Å². The number of hydrogen-bond acceptors (Lipinski definition) is 9. The molecule has 3 fully saturated rings. The maximum absolute atomic E-state index is 12.2. The minimum absolute atomic E-state index is 0.0660. The summed E-state index contributed by atoms with van der Waals surface area (Å²) in [5.41, 5.74) is 4.22. The zero-order valence-electron chi connectivity index (χ0n) is 34.1. The molecule has 0 amide bonds. The van der Waals surface area contributed by atoms with Gasteiger partial charge in [-0.15, -0.1) is 0 Å². The number of fused-ring (bicyclic) bond motifs is 2. The maximum atomic E-state index is 12.2. The molecule has 3 aromatic rings. The van der Waals surface area contributed by atoms with E-state index in [0.717, 1.165) is 37.3 Å². The van der Waals surface area contributed by atoms with Crippen LogP contribution in [0.4, 0.5) is 0 Å². The maximum Gasteiger partial charge on any atom is 0.306 e. The van der Waals surface area contributed by atoms with Gasteiger partial charge in [0.1, 0.15) is 24.5 Å². The third-order valence-electron chi connectivity index (χ3n) is 11.7. The highest BCUT2D eigenvalue weighted by Gasteiger charge is 2.52. The quantitative estimate of drug-likeness (QED) is 0.0896. The topological polar surface area (TPSA) is 103 Å². The van der Waals surface area contributed by atoms with Crippen molar-refractivity contribution in [3.05, 3.63) is 40.9 Å². The second-order valence-electron chi connectivity index (χ2n) is 18.6. The molecule has 0 unspecified atom stereocenters. The number of ether oxygens (including phenoxy) is 5. The van der Waals surface area contributed by atoms with E-state index >= 15 is 0 Å². The third-order valence-corrected chi connectivity index (χ3v) is 18.1. The molecule has 0 spiro atoms. The molecule has 4 heterocycles. The van der Waals surface area contributed by atoms with E-state index in [1.54, 1.807) is 0 Å². The van der Waals surface area contributed by atoms with Gasteiger partial charge >= 0.3 is 12.0 Å². The predicted octanol–water partition coefficient (Wildman–Crippen LogP) is 9.61. The molecule has 1 aliphatic carbocycles. The van der Waals surface area contributed by atoms with Crippen LogP contribution in [0.1, 0.15) is 78.2 Å². The highest BCUT2D eigenvalue weighted by Crippen LogP contribution is 2.42. The molecule has 54 heavy (non-hydrogen) atoms. The molecular formula is C41H62ClN3O7Si2. The Labute approximate surface area is 329 Å². The molecule has 1 saturated carbocycles. The number of halogens is 1. The van der Waals surface area contributed by atoms with Crippen molar-refractivity contribution in [1.82, 2.24) is 14.5 Å². The SMILES string of the molecule is CC(C)OC(=O)CC1CCC(c2ccc(-c3nc4c(cc3Cl)nc(O[C@@H]3CO[C@H]5[C@@H]3OC[C@H]5O[Si](C)(C)C(C)(C)C)n4COCC[Si](C)(C)C)cc2)CC1. The Balaban J connectivity index is 1.19. The summed E-state index contributed by atoms with van der Waals surface area (Å²) in [6, 6.07) is 11.9. The number of esters is 1. The summed E-state index contributed by atoms with van der Waals surface area (Å²) < 4.78 is 39.5. The standard InChI is InChI=1S/C41H62ClN3O7Si2/c1-26(2)50-35(46)21-27-11-13-28(14-12-27)29-15-17-30(18-16-29)36-31(42)22-32-39(44-36)45(25-47-19-20-53(6,7)8)40(43-32)51-33-23-48-38-34(24-49-37(33)38)52-54(9,10)41(3,4)5/h15-18,22,26-28,33-34,37-38H,11-14,19-21,23-25H2,1-10H3/t27?,28?,33-,34-,37-,38-/m1/s1. The molecule has 1 aromatic carbocycles. The molecule has 4 atom stereocenters. The molecule has 13 heteroatoms. The highest BCUT2D eigenvalue weighted by atomic mass is 35.5. The van der Waals surface area contributed by atoms with Crippen LogP contribution in [-0.2, 0) is 34.9 Å². The van der Waals surface area contributed by atoms with E-state index in [-0.39, 0.29) is 48.3 Å². The van der Waals surface area contributed by atoms with Crippen molar-refractivity contribution in [2.45, 2.75) is 154 Å². The van der Waals surface area contributed by atoms with E-state index in [1.807, 2.05) is 24.5 Å². The molecule has 2 aliphatic heterocycles. The van der Waals surface area contributed by atoms with E-state index < -0.39 is 16.4 Å². The lowest BCUT2D eigenvalue weighted by molar-refractivity contribution is -0.148. The van der Waals surface area contributed by atoms with Crippen molar-refractivity contribution in [3.8, 4) is 17.3 Å². The van der Waals surface area contributed by atoms with Crippen LogP contribution in [-0.4, -0.2) is 87.2 Å². The molecular weight excluding hydrogens is 738 g/mol. The Morgan fingerprint density at radius 3 is 2.24 bits per heavy atom. The number of hydrogen-bond donors (Lipinski definition) is 0. The molecule has 3 aliphatic rings. The number of aromatic nitrogens is 3. The Morgan fingerprint density at radius 2 is 1.61 bits per heavy atom. The first-order chi connectivity index (χ1) is 25.4. The van der Waals surface area contributed by atoms with E-state index in [1.165, 1.54) is 5.56 Å². The average Bonchev–Trinajstić information content (AvgIpc) is 3.76. The Kier molecular flexibility index (Phi) is 12.7. The molecule has 0 N–H and O–H groups in total. The smallest absolute Gasteiger partial charge is 0.306 e. The number of nitrogens with zero attached hydrogens (tertiary/aromatic N) is 3. The lowest BCUT2D eigenvalue weighted by Crippen LogP contribution is -2.47. The lowest BCUT2D eigenvalue weighted by Gasteiger charge is -2.39. The first-order valence-corrected chi connectivity index (χ1v) is 26.9. The fourth-order valence-corrected chi connectivity index (χ4v) is 9.75. The molecule has 10 nitrogen and oxygen atoms in total. The number of rotatable bonds is 14. The van der Waals surface area contributed by atoms with Gasteiger partial charge in [0.25, 0.3) is 0 Å². The van der Waals surface area contributed by atoms with Crippen LogP contribution < -0.4 is 4.74 Å². The first-order valence-electron chi connectivity index (χ1n) is 19.9. The summed E-state index contributed by atoms with van der Waals surface area (Å²) in [4.78, 5) is 22.2. The fourth-order valence-electron chi connectivity index (χ4n) is 7.43. The van der Waals surface area contributed by atoms with Crippen LogP contribution in [0.15, 0.2) is 30.3 Å². The second-order valence-corrected chi connectivity index (χ2v) is 29.4. The zero-order chi connectivity index (χ0) is 39.0. The molecule has 6 rings (SSSR count). The Hall–Kier alpha value is -2.33. The van der Waals surface area contributed by atoms with Gasteiger partial charge in [-0.2, -0.15) is 4.98 Å². The van der Waals surface area contributed by atoms with Gasteiger partial charge in [0.05, 0.1) is 36.1 Å². The molecule has 0 bridgehead atoms. The second kappa shape index (κ2) is 16.6. The number of carbonyl (C=O) groups is 1. The third kappa shape index (κ3) is 9.78. The van der Waals surface area contributed by atoms with Crippen molar-refractivity contribution in [2.75, 3.05) is 19.8 Å². The van der Waals surface area contributed by atoms with Crippen molar-refractivity contribution in [1.29, 1.82) is 0 Å². The van der Waals surface area contributed by atoms with Gasteiger partial charge in [0, 0.05) is 26.7 Å². The summed E-state index contributed by atoms with van der Waals surface area (Å²) in [5.74, 6) is 0.780. The van der Waals surface area contributed by atoms with Crippen LogP contribution in [0.5, 0.6) is 6.01 Å². The summed E-state index contributed by atoms with van der Waals surface area (Å²) in [7, 11) is -3.31. The summed E-state index contributed by atoms with van der Waals surface area (Å²) in [6.07, 6.45) is 3.70. The van der Waals surface area contributed by atoms with Crippen LogP contribution >= 0.6 is 11.6 Å². The van der Waals surface area contributed by atoms with Gasteiger partial charge in [0.15, 0.2) is 20.1 Å². The number of benzene rings is 1. The summed E-state index contributed by atoms with van der Waals surface area (Å²) >= 11 is 6.93. The average molecular weight is 801 g/mol. The normalized spacial score (nSPS) is 25.0. The van der Waals surface area contributed by atoms with Gasteiger partial charge in [-0.25, -0.2) is 4.98 Å². The molecule has 0 radical (unpaired) electrons. The minimum atomic E-state index is -2.02. The molecule has 298 valence electrons. The van der Waals surface area contributed by atoms with E-state index in [4.69, 9.17) is 49.7 Å².